The third kappa shape index (κ3) is 1.80. The van der Waals surface area contributed by atoms with Gasteiger partial charge in [-0.3, -0.25) is 0 Å². The number of nitrogen functional groups attached to an aromatic ring is 1. The maximum atomic E-state index is 6.06. The molecule has 0 aliphatic rings. The van der Waals surface area contributed by atoms with Crippen LogP contribution in [-0.2, 0) is 0 Å². The molecule has 18 heavy (non-hydrogen) atoms. The molecular weight excluding hydrogens is 242 g/mol. The first-order valence-electron chi connectivity index (χ1n) is 5.71. The standard InChI is InChI=1S/C14H13N3S/c1-10-7-8-18-14(10)13-12(15)9-17(16-13)11-5-3-2-4-6-11/h2-9H,15H2,1H3. The van der Waals surface area contributed by atoms with Gasteiger partial charge in [-0.25, -0.2) is 4.68 Å². The Morgan fingerprint density at radius 2 is 1.94 bits per heavy atom. The molecule has 3 nitrogen and oxygen atoms in total. The number of para-hydroxylation sites is 1. The lowest BCUT2D eigenvalue weighted by Crippen LogP contribution is -1.93. The van der Waals surface area contributed by atoms with Gasteiger partial charge >= 0.3 is 0 Å². The molecule has 0 saturated heterocycles. The molecule has 3 aromatic rings. The molecule has 4 heteroatoms. The van der Waals surface area contributed by atoms with Crippen LogP contribution in [0.4, 0.5) is 5.69 Å². The fourth-order valence-electron chi connectivity index (χ4n) is 1.89. The van der Waals surface area contributed by atoms with Crippen LogP contribution in [0.15, 0.2) is 48.0 Å². The number of anilines is 1. The average molecular weight is 255 g/mol. The number of benzene rings is 1. The van der Waals surface area contributed by atoms with E-state index in [1.807, 2.05) is 41.2 Å². The van der Waals surface area contributed by atoms with E-state index in [-0.39, 0.29) is 0 Å². The monoisotopic (exact) mass is 255 g/mol. The van der Waals surface area contributed by atoms with E-state index in [2.05, 4.69) is 23.5 Å². The molecule has 3 rings (SSSR count). The SMILES string of the molecule is Cc1ccsc1-c1nn(-c2ccccc2)cc1N. The molecule has 0 aliphatic carbocycles. The van der Waals surface area contributed by atoms with Gasteiger partial charge in [-0.1, -0.05) is 18.2 Å². The number of nitrogens with two attached hydrogens (primary N) is 1. The summed E-state index contributed by atoms with van der Waals surface area (Å²) < 4.78 is 1.82. The van der Waals surface area contributed by atoms with Crippen LogP contribution in [0.2, 0.25) is 0 Å². The Morgan fingerprint density at radius 3 is 2.61 bits per heavy atom. The summed E-state index contributed by atoms with van der Waals surface area (Å²) in [7, 11) is 0. The summed E-state index contributed by atoms with van der Waals surface area (Å²) in [5, 5.41) is 6.65. The molecule has 2 heterocycles. The van der Waals surface area contributed by atoms with E-state index >= 15 is 0 Å². The highest BCUT2D eigenvalue weighted by Gasteiger charge is 2.12. The highest BCUT2D eigenvalue weighted by Crippen LogP contribution is 2.32. The van der Waals surface area contributed by atoms with Gasteiger partial charge in [-0.2, -0.15) is 5.10 Å². The molecule has 2 aromatic heterocycles. The molecule has 0 unspecified atom stereocenters. The van der Waals surface area contributed by atoms with Crippen LogP contribution < -0.4 is 5.73 Å². The number of aryl methyl sites for hydroxylation is 1. The van der Waals surface area contributed by atoms with Gasteiger partial charge in [0.1, 0.15) is 5.69 Å². The van der Waals surface area contributed by atoms with Gasteiger partial charge in [0, 0.05) is 0 Å². The average Bonchev–Trinajstić information content (AvgIpc) is 2.96. The molecule has 0 spiro atoms. The van der Waals surface area contributed by atoms with E-state index in [9.17, 15) is 0 Å². The van der Waals surface area contributed by atoms with E-state index in [0.717, 1.165) is 16.3 Å². The Morgan fingerprint density at radius 1 is 1.17 bits per heavy atom. The Kier molecular flexibility index (Phi) is 2.64. The molecular formula is C14H13N3S. The summed E-state index contributed by atoms with van der Waals surface area (Å²) >= 11 is 1.67. The highest BCUT2D eigenvalue weighted by molar-refractivity contribution is 7.13. The van der Waals surface area contributed by atoms with Crippen molar-refractivity contribution in [1.82, 2.24) is 9.78 Å². The zero-order chi connectivity index (χ0) is 12.5. The molecule has 0 fully saturated rings. The zero-order valence-corrected chi connectivity index (χ0v) is 10.8. The number of thiophene rings is 1. The second-order valence-corrected chi connectivity index (χ2v) is 5.06. The van der Waals surface area contributed by atoms with Crippen LogP contribution in [0.3, 0.4) is 0 Å². The topological polar surface area (TPSA) is 43.8 Å². The Bertz CT molecular complexity index is 667. The molecule has 0 aliphatic heterocycles. The molecule has 90 valence electrons. The van der Waals surface area contributed by atoms with E-state index in [1.54, 1.807) is 11.3 Å². The fraction of sp³-hybridized carbons (Fsp3) is 0.0714. The van der Waals surface area contributed by atoms with Gasteiger partial charge in [0.15, 0.2) is 0 Å². The normalized spacial score (nSPS) is 10.7. The minimum absolute atomic E-state index is 0.712. The lowest BCUT2D eigenvalue weighted by atomic mass is 10.2. The lowest BCUT2D eigenvalue weighted by molar-refractivity contribution is 0.885. The maximum Gasteiger partial charge on any atom is 0.126 e. The fourth-order valence-corrected chi connectivity index (χ4v) is 2.82. The first-order valence-corrected chi connectivity index (χ1v) is 6.58. The van der Waals surface area contributed by atoms with Gasteiger partial charge in [-0.15, -0.1) is 11.3 Å². The van der Waals surface area contributed by atoms with E-state index in [0.29, 0.717) is 5.69 Å². The number of rotatable bonds is 2. The van der Waals surface area contributed by atoms with E-state index in [4.69, 9.17) is 5.73 Å². The Hall–Kier alpha value is -2.07. The van der Waals surface area contributed by atoms with Crippen molar-refractivity contribution in [2.45, 2.75) is 6.92 Å². The largest absolute Gasteiger partial charge is 0.396 e. The minimum Gasteiger partial charge on any atom is -0.396 e. The second kappa shape index (κ2) is 4.31. The van der Waals surface area contributed by atoms with Crippen molar-refractivity contribution < 1.29 is 0 Å². The van der Waals surface area contributed by atoms with Crippen molar-refractivity contribution in [3.63, 3.8) is 0 Å². The third-order valence-corrected chi connectivity index (χ3v) is 3.86. The first-order chi connectivity index (χ1) is 8.75. The van der Waals surface area contributed by atoms with Crippen LogP contribution in [0, 0.1) is 6.92 Å². The summed E-state index contributed by atoms with van der Waals surface area (Å²) in [6, 6.07) is 12.1. The van der Waals surface area contributed by atoms with Crippen molar-refractivity contribution in [2.24, 2.45) is 0 Å². The Labute approximate surface area is 109 Å². The van der Waals surface area contributed by atoms with Gasteiger partial charge in [-0.05, 0) is 36.1 Å². The predicted molar refractivity (Wildman–Crippen MR) is 76.0 cm³/mol. The quantitative estimate of drug-likeness (QED) is 0.761. The predicted octanol–water partition coefficient (Wildman–Crippen LogP) is 3.49. The summed E-state index contributed by atoms with van der Waals surface area (Å²) in [6.07, 6.45) is 1.86. The molecule has 0 bridgehead atoms. The van der Waals surface area contributed by atoms with Crippen molar-refractivity contribution in [3.8, 4) is 16.3 Å². The van der Waals surface area contributed by atoms with Crippen LogP contribution in [0.5, 0.6) is 0 Å². The molecule has 0 saturated carbocycles. The molecule has 2 N–H and O–H groups in total. The van der Waals surface area contributed by atoms with Crippen LogP contribution in [0.25, 0.3) is 16.3 Å². The number of nitrogens with zero attached hydrogens (tertiary/aromatic N) is 2. The lowest BCUT2D eigenvalue weighted by Gasteiger charge is -1.99. The van der Waals surface area contributed by atoms with Gasteiger partial charge in [0.05, 0.1) is 22.4 Å². The van der Waals surface area contributed by atoms with Crippen molar-refractivity contribution in [1.29, 1.82) is 0 Å². The minimum atomic E-state index is 0.712. The maximum absolute atomic E-state index is 6.06. The van der Waals surface area contributed by atoms with E-state index in [1.165, 1.54) is 5.56 Å². The third-order valence-electron chi connectivity index (χ3n) is 2.84. The zero-order valence-electron chi connectivity index (χ0n) is 10.00. The summed E-state index contributed by atoms with van der Waals surface area (Å²) in [6.45, 7) is 2.08. The van der Waals surface area contributed by atoms with Crippen LogP contribution in [0.1, 0.15) is 5.56 Å². The summed E-state index contributed by atoms with van der Waals surface area (Å²) in [5.41, 5.74) is 9.87. The molecule has 0 atom stereocenters. The number of aromatic nitrogens is 2. The van der Waals surface area contributed by atoms with Gasteiger partial charge in [0.2, 0.25) is 0 Å². The molecule has 0 radical (unpaired) electrons. The van der Waals surface area contributed by atoms with Gasteiger partial charge < -0.3 is 5.73 Å². The van der Waals surface area contributed by atoms with Crippen molar-refractivity contribution in [2.75, 3.05) is 5.73 Å². The van der Waals surface area contributed by atoms with Crippen molar-refractivity contribution in [3.05, 3.63) is 53.5 Å². The van der Waals surface area contributed by atoms with Crippen LogP contribution >= 0.6 is 11.3 Å². The highest BCUT2D eigenvalue weighted by atomic mass is 32.1. The smallest absolute Gasteiger partial charge is 0.126 e. The molecule has 0 amide bonds. The molecule has 1 aromatic carbocycles. The second-order valence-electron chi connectivity index (χ2n) is 4.15. The Balaban J connectivity index is 2.10. The number of hydrogen-bond donors (Lipinski definition) is 1. The first kappa shape index (κ1) is 11.0. The number of hydrogen-bond acceptors (Lipinski definition) is 3. The van der Waals surface area contributed by atoms with Crippen molar-refractivity contribution >= 4 is 17.0 Å². The van der Waals surface area contributed by atoms with Crippen LogP contribution in [-0.4, -0.2) is 9.78 Å². The van der Waals surface area contributed by atoms with E-state index < -0.39 is 0 Å². The van der Waals surface area contributed by atoms with Gasteiger partial charge in [0.25, 0.3) is 0 Å². The summed E-state index contributed by atoms with van der Waals surface area (Å²) in [5.74, 6) is 0. The summed E-state index contributed by atoms with van der Waals surface area (Å²) in [4.78, 5) is 1.14.